The van der Waals surface area contributed by atoms with E-state index in [0.717, 1.165) is 23.1 Å². The van der Waals surface area contributed by atoms with Crippen LogP contribution in [0.15, 0.2) is 83.9 Å². The van der Waals surface area contributed by atoms with Crippen LogP contribution in [0.3, 0.4) is 0 Å². The smallest absolute Gasteiger partial charge is 0.349 e. The molecular formula is C24H21FN4O. The van der Waals surface area contributed by atoms with Crippen LogP contribution in [0.1, 0.15) is 5.56 Å². The zero-order chi connectivity index (χ0) is 20.9. The second-order valence-electron chi connectivity index (χ2n) is 6.93. The Labute approximate surface area is 173 Å². The molecule has 2 aromatic heterocycles. The standard InChI is InChI=1S/C24H21FN4O/c1-29-22(19-12-14-26-15-13-19)21(18-7-9-20(25)10-8-18)23(28-24(29)30)27-16-11-17-5-3-2-4-6-17/h2-10,12-15H,11,16H2,1H3,(H,27,28,30). The van der Waals surface area contributed by atoms with Gasteiger partial charge in [-0.1, -0.05) is 42.5 Å². The van der Waals surface area contributed by atoms with Crippen LogP contribution < -0.4 is 11.0 Å². The summed E-state index contributed by atoms with van der Waals surface area (Å²) in [5, 5.41) is 3.32. The van der Waals surface area contributed by atoms with E-state index >= 15 is 0 Å². The summed E-state index contributed by atoms with van der Waals surface area (Å²) in [6, 6.07) is 20.0. The largest absolute Gasteiger partial charge is 0.369 e. The average Bonchev–Trinajstić information content (AvgIpc) is 2.78. The fourth-order valence-corrected chi connectivity index (χ4v) is 3.44. The molecule has 0 aliphatic rings. The van der Waals surface area contributed by atoms with E-state index in [1.807, 2.05) is 30.3 Å². The lowest BCUT2D eigenvalue weighted by Crippen LogP contribution is -2.25. The molecule has 2 aromatic carbocycles. The number of halogens is 1. The number of benzene rings is 2. The minimum absolute atomic E-state index is 0.319. The van der Waals surface area contributed by atoms with Gasteiger partial charge >= 0.3 is 5.69 Å². The van der Waals surface area contributed by atoms with Gasteiger partial charge in [0.2, 0.25) is 0 Å². The first-order valence-electron chi connectivity index (χ1n) is 9.68. The number of nitrogens with zero attached hydrogens (tertiary/aromatic N) is 3. The van der Waals surface area contributed by atoms with Gasteiger partial charge in [-0.3, -0.25) is 9.55 Å². The van der Waals surface area contributed by atoms with Crippen molar-refractivity contribution in [1.82, 2.24) is 14.5 Å². The van der Waals surface area contributed by atoms with Gasteiger partial charge in [0.15, 0.2) is 0 Å². The van der Waals surface area contributed by atoms with Gasteiger partial charge in [0.1, 0.15) is 11.6 Å². The van der Waals surface area contributed by atoms with Crippen molar-refractivity contribution < 1.29 is 4.39 Å². The van der Waals surface area contributed by atoms with Crippen LogP contribution in [0, 0.1) is 5.82 Å². The van der Waals surface area contributed by atoms with E-state index in [1.165, 1.54) is 22.3 Å². The number of nitrogens with one attached hydrogen (secondary N) is 1. The molecule has 5 nitrogen and oxygen atoms in total. The summed E-state index contributed by atoms with van der Waals surface area (Å²) < 4.78 is 15.1. The first-order valence-corrected chi connectivity index (χ1v) is 9.68. The number of anilines is 1. The summed E-state index contributed by atoms with van der Waals surface area (Å²) in [7, 11) is 1.69. The van der Waals surface area contributed by atoms with Gasteiger partial charge in [-0.2, -0.15) is 4.98 Å². The molecule has 0 aliphatic carbocycles. The minimum atomic E-state index is -0.366. The highest BCUT2D eigenvalue weighted by Gasteiger charge is 2.19. The normalized spacial score (nSPS) is 10.7. The Kier molecular flexibility index (Phi) is 5.66. The summed E-state index contributed by atoms with van der Waals surface area (Å²) in [6.07, 6.45) is 4.14. The molecule has 0 radical (unpaired) electrons. The lowest BCUT2D eigenvalue weighted by atomic mass is 9.99. The Balaban J connectivity index is 1.81. The molecule has 30 heavy (non-hydrogen) atoms. The number of hydrogen-bond donors (Lipinski definition) is 1. The second-order valence-corrected chi connectivity index (χ2v) is 6.93. The van der Waals surface area contributed by atoms with E-state index in [2.05, 4.69) is 27.4 Å². The highest BCUT2D eigenvalue weighted by Crippen LogP contribution is 2.35. The van der Waals surface area contributed by atoms with Gasteiger partial charge in [0, 0.05) is 37.1 Å². The summed E-state index contributed by atoms with van der Waals surface area (Å²) in [5.74, 6) is 0.160. The maximum absolute atomic E-state index is 13.6. The summed E-state index contributed by atoms with van der Waals surface area (Å²) >= 11 is 0. The van der Waals surface area contributed by atoms with Crippen LogP contribution in [0.2, 0.25) is 0 Å². The predicted octanol–water partition coefficient (Wildman–Crippen LogP) is 4.30. The van der Waals surface area contributed by atoms with Crippen LogP contribution in [-0.2, 0) is 13.5 Å². The highest BCUT2D eigenvalue weighted by atomic mass is 19.1. The van der Waals surface area contributed by atoms with Crippen LogP contribution in [0.25, 0.3) is 22.4 Å². The van der Waals surface area contributed by atoms with Crippen molar-refractivity contribution >= 4 is 5.82 Å². The number of rotatable bonds is 6. The van der Waals surface area contributed by atoms with Crippen molar-refractivity contribution in [2.75, 3.05) is 11.9 Å². The van der Waals surface area contributed by atoms with Gasteiger partial charge in [-0.05, 0) is 41.8 Å². The molecule has 0 saturated carbocycles. The molecule has 0 bridgehead atoms. The monoisotopic (exact) mass is 400 g/mol. The third-order valence-electron chi connectivity index (χ3n) is 4.94. The summed E-state index contributed by atoms with van der Waals surface area (Å²) in [4.78, 5) is 21.0. The highest BCUT2D eigenvalue weighted by molar-refractivity contribution is 5.88. The maximum atomic E-state index is 13.6. The third-order valence-corrected chi connectivity index (χ3v) is 4.94. The SMILES string of the molecule is Cn1c(-c2ccncc2)c(-c2ccc(F)cc2)c(NCCc2ccccc2)nc1=O. The third kappa shape index (κ3) is 4.12. The quantitative estimate of drug-likeness (QED) is 0.524. The van der Waals surface area contributed by atoms with E-state index in [1.54, 1.807) is 31.6 Å². The Morgan fingerprint density at radius 1 is 0.933 bits per heavy atom. The lowest BCUT2D eigenvalue weighted by Gasteiger charge is -2.18. The molecule has 0 fully saturated rings. The molecule has 0 unspecified atom stereocenters. The molecule has 4 aromatic rings. The predicted molar refractivity (Wildman–Crippen MR) is 117 cm³/mol. The van der Waals surface area contributed by atoms with Crippen molar-refractivity contribution in [2.24, 2.45) is 7.05 Å². The molecule has 2 heterocycles. The molecule has 0 saturated heterocycles. The van der Waals surface area contributed by atoms with E-state index in [9.17, 15) is 9.18 Å². The van der Waals surface area contributed by atoms with Gasteiger partial charge in [0.05, 0.1) is 5.69 Å². The molecule has 0 atom stereocenters. The molecule has 0 spiro atoms. The lowest BCUT2D eigenvalue weighted by molar-refractivity contribution is 0.628. The topological polar surface area (TPSA) is 59.8 Å². The first-order chi connectivity index (χ1) is 14.6. The van der Waals surface area contributed by atoms with Crippen molar-refractivity contribution in [3.8, 4) is 22.4 Å². The van der Waals surface area contributed by atoms with Crippen LogP contribution in [-0.4, -0.2) is 21.1 Å². The Bertz CT molecular complexity index is 1190. The molecule has 0 aliphatic heterocycles. The van der Waals surface area contributed by atoms with Gasteiger partial charge in [-0.25, -0.2) is 9.18 Å². The first kappa shape index (κ1) is 19.5. The second kappa shape index (κ2) is 8.69. The summed E-state index contributed by atoms with van der Waals surface area (Å²) in [6.45, 7) is 0.605. The zero-order valence-electron chi connectivity index (χ0n) is 16.5. The maximum Gasteiger partial charge on any atom is 0.349 e. The molecule has 1 N–H and O–H groups in total. The van der Waals surface area contributed by atoms with Crippen molar-refractivity contribution in [3.05, 3.63) is 101 Å². The van der Waals surface area contributed by atoms with Gasteiger partial charge in [-0.15, -0.1) is 0 Å². The molecular weight excluding hydrogens is 379 g/mol. The fraction of sp³-hybridized carbons (Fsp3) is 0.125. The van der Waals surface area contributed by atoms with E-state index in [4.69, 9.17) is 0 Å². The average molecular weight is 400 g/mol. The Morgan fingerprint density at radius 3 is 2.33 bits per heavy atom. The number of hydrogen-bond acceptors (Lipinski definition) is 4. The Hall–Kier alpha value is -3.80. The fourth-order valence-electron chi connectivity index (χ4n) is 3.44. The van der Waals surface area contributed by atoms with Gasteiger partial charge in [0.25, 0.3) is 0 Å². The number of aromatic nitrogens is 3. The van der Waals surface area contributed by atoms with E-state index < -0.39 is 0 Å². The summed E-state index contributed by atoms with van der Waals surface area (Å²) in [5.41, 5.74) is 3.87. The van der Waals surface area contributed by atoms with E-state index in [0.29, 0.717) is 18.1 Å². The molecule has 6 heteroatoms. The van der Waals surface area contributed by atoms with Crippen LogP contribution in [0.4, 0.5) is 10.2 Å². The molecule has 0 amide bonds. The molecule has 150 valence electrons. The van der Waals surface area contributed by atoms with Crippen LogP contribution >= 0.6 is 0 Å². The minimum Gasteiger partial charge on any atom is -0.369 e. The van der Waals surface area contributed by atoms with Crippen LogP contribution in [0.5, 0.6) is 0 Å². The van der Waals surface area contributed by atoms with Crippen molar-refractivity contribution in [1.29, 1.82) is 0 Å². The van der Waals surface area contributed by atoms with Gasteiger partial charge < -0.3 is 5.32 Å². The van der Waals surface area contributed by atoms with Crippen molar-refractivity contribution in [2.45, 2.75) is 6.42 Å². The van der Waals surface area contributed by atoms with Crippen molar-refractivity contribution in [3.63, 3.8) is 0 Å². The molecule has 4 rings (SSSR count). The van der Waals surface area contributed by atoms with E-state index in [-0.39, 0.29) is 11.5 Å². The zero-order valence-corrected chi connectivity index (χ0v) is 16.5. The Morgan fingerprint density at radius 2 is 1.63 bits per heavy atom. The number of pyridine rings is 1.